The molecule has 4 nitrogen and oxygen atoms in total. The molecule has 92 valence electrons. The van der Waals surface area contributed by atoms with E-state index in [2.05, 4.69) is 22.2 Å². The minimum Gasteiger partial charge on any atom is -0.302 e. The van der Waals surface area contributed by atoms with Crippen LogP contribution in [-0.2, 0) is 4.79 Å². The highest BCUT2D eigenvalue weighted by molar-refractivity contribution is 7.14. The maximum atomic E-state index is 11.8. The van der Waals surface area contributed by atoms with Crippen LogP contribution in [0.15, 0.2) is 29.9 Å². The van der Waals surface area contributed by atoms with Gasteiger partial charge in [0.05, 0.1) is 5.69 Å². The Kier molecular flexibility index (Phi) is 2.83. The first kappa shape index (κ1) is 11.3. The monoisotopic (exact) mass is 259 g/mol. The van der Waals surface area contributed by atoms with Crippen LogP contribution in [0.4, 0.5) is 5.13 Å². The summed E-state index contributed by atoms with van der Waals surface area (Å²) in [7, 11) is 0. The van der Waals surface area contributed by atoms with Crippen LogP contribution in [0, 0.1) is 11.8 Å². The summed E-state index contributed by atoms with van der Waals surface area (Å²) in [5.41, 5.74) is 1.82. The minimum absolute atomic E-state index is 0.0922. The Labute approximate surface area is 109 Å². The zero-order valence-electron chi connectivity index (χ0n) is 9.96. The SMILES string of the molecule is CC1CC1C(=O)Nc1nc(-c2cccnc2)cs1. The van der Waals surface area contributed by atoms with Gasteiger partial charge in [0.25, 0.3) is 0 Å². The van der Waals surface area contributed by atoms with E-state index in [1.165, 1.54) is 11.3 Å². The van der Waals surface area contributed by atoms with E-state index >= 15 is 0 Å². The van der Waals surface area contributed by atoms with Gasteiger partial charge in [-0.1, -0.05) is 6.92 Å². The summed E-state index contributed by atoms with van der Waals surface area (Å²) in [6.07, 6.45) is 4.49. The van der Waals surface area contributed by atoms with Gasteiger partial charge in [-0.25, -0.2) is 4.98 Å². The molecule has 2 aromatic heterocycles. The maximum Gasteiger partial charge on any atom is 0.229 e. The highest BCUT2D eigenvalue weighted by Crippen LogP contribution is 2.38. The number of thiazole rings is 1. The second kappa shape index (κ2) is 4.49. The van der Waals surface area contributed by atoms with Gasteiger partial charge in [0.1, 0.15) is 0 Å². The van der Waals surface area contributed by atoms with E-state index in [9.17, 15) is 4.79 Å². The Balaban J connectivity index is 1.72. The number of rotatable bonds is 3. The van der Waals surface area contributed by atoms with Crippen molar-refractivity contribution in [1.82, 2.24) is 9.97 Å². The number of hydrogen-bond donors (Lipinski definition) is 1. The van der Waals surface area contributed by atoms with Gasteiger partial charge < -0.3 is 5.32 Å². The van der Waals surface area contributed by atoms with Crippen molar-refractivity contribution in [2.75, 3.05) is 5.32 Å². The fourth-order valence-electron chi connectivity index (χ4n) is 1.86. The van der Waals surface area contributed by atoms with Gasteiger partial charge in [-0.2, -0.15) is 0 Å². The van der Waals surface area contributed by atoms with E-state index < -0.39 is 0 Å². The fourth-order valence-corrected chi connectivity index (χ4v) is 2.59. The molecule has 2 unspecified atom stereocenters. The lowest BCUT2D eigenvalue weighted by molar-refractivity contribution is -0.117. The highest BCUT2D eigenvalue weighted by Gasteiger charge is 2.39. The topological polar surface area (TPSA) is 54.9 Å². The zero-order chi connectivity index (χ0) is 12.5. The van der Waals surface area contributed by atoms with Gasteiger partial charge in [-0.15, -0.1) is 11.3 Å². The predicted molar refractivity (Wildman–Crippen MR) is 71.2 cm³/mol. The molecule has 2 heterocycles. The van der Waals surface area contributed by atoms with Crippen LogP contribution in [0.3, 0.4) is 0 Å². The van der Waals surface area contributed by atoms with E-state index in [4.69, 9.17) is 0 Å². The first-order chi connectivity index (χ1) is 8.74. The largest absolute Gasteiger partial charge is 0.302 e. The van der Waals surface area contributed by atoms with Crippen molar-refractivity contribution in [3.8, 4) is 11.3 Å². The molecular weight excluding hydrogens is 246 g/mol. The second-order valence-corrected chi connectivity index (χ2v) is 5.45. The number of carbonyl (C=O) groups excluding carboxylic acids is 1. The molecule has 0 aromatic carbocycles. The summed E-state index contributed by atoms with van der Waals surface area (Å²) in [5.74, 6) is 0.785. The van der Waals surface area contributed by atoms with Gasteiger partial charge in [0, 0.05) is 29.3 Å². The number of pyridine rings is 1. The van der Waals surface area contributed by atoms with E-state index in [1.54, 1.807) is 12.4 Å². The van der Waals surface area contributed by atoms with E-state index in [1.807, 2.05) is 17.5 Å². The quantitative estimate of drug-likeness (QED) is 0.922. The minimum atomic E-state index is 0.0922. The molecule has 0 saturated heterocycles. The molecule has 3 rings (SSSR count). The molecule has 0 spiro atoms. The Bertz CT molecular complexity index is 567. The van der Waals surface area contributed by atoms with Crippen molar-refractivity contribution >= 4 is 22.4 Å². The third-order valence-electron chi connectivity index (χ3n) is 3.14. The first-order valence-corrected chi connectivity index (χ1v) is 6.79. The van der Waals surface area contributed by atoms with Gasteiger partial charge >= 0.3 is 0 Å². The van der Waals surface area contributed by atoms with E-state index in [0.717, 1.165) is 17.7 Å². The Morgan fingerprint density at radius 2 is 2.39 bits per heavy atom. The molecule has 5 heteroatoms. The zero-order valence-corrected chi connectivity index (χ0v) is 10.8. The molecule has 0 radical (unpaired) electrons. The Hall–Kier alpha value is -1.75. The summed E-state index contributed by atoms with van der Waals surface area (Å²) in [6.45, 7) is 2.09. The third-order valence-corrected chi connectivity index (χ3v) is 3.90. The molecule has 0 aliphatic heterocycles. The van der Waals surface area contributed by atoms with Gasteiger partial charge in [0.15, 0.2) is 5.13 Å². The third kappa shape index (κ3) is 2.26. The Morgan fingerprint density at radius 3 is 3.06 bits per heavy atom. The fraction of sp³-hybridized carbons (Fsp3) is 0.308. The number of carbonyl (C=O) groups is 1. The number of amides is 1. The smallest absolute Gasteiger partial charge is 0.229 e. The second-order valence-electron chi connectivity index (χ2n) is 4.59. The van der Waals surface area contributed by atoms with Crippen LogP contribution in [0.1, 0.15) is 13.3 Å². The highest BCUT2D eigenvalue weighted by atomic mass is 32.1. The van der Waals surface area contributed by atoms with Crippen molar-refractivity contribution in [3.05, 3.63) is 29.9 Å². The van der Waals surface area contributed by atoms with E-state index in [0.29, 0.717) is 11.0 Å². The number of nitrogens with one attached hydrogen (secondary N) is 1. The molecule has 0 bridgehead atoms. The van der Waals surface area contributed by atoms with Crippen LogP contribution in [-0.4, -0.2) is 15.9 Å². The number of hydrogen-bond acceptors (Lipinski definition) is 4. The lowest BCUT2D eigenvalue weighted by Gasteiger charge is -1.99. The summed E-state index contributed by atoms with van der Waals surface area (Å²) < 4.78 is 0. The van der Waals surface area contributed by atoms with Gasteiger partial charge in [-0.3, -0.25) is 9.78 Å². The number of aromatic nitrogens is 2. The molecule has 1 amide bonds. The lowest BCUT2D eigenvalue weighted by atomic mass is 10.2. The number of nitrogens with zero attached hydrogens (tertiary/aromatic N) is 2. The predicted octanol–water partition coefficient (Wildman–Crippen LogP) is 2.80. The standard InChI is InChI=1S/C13H13N3OS/c1-8-5-10(8)12(17)16-13-15-11(7-18-13)9-3-2-4-14-6-9/h2-4,6-8,10H,5H2,1H3,(H,15,16,17). The molecule has 2 atom stereocenters. The Morgan fingerprint density at radius 1 is 1.56 bits per heavy atom. The maximum absolute atomic E-state index is 11.8. The van der Waals surface area contributed by atoms with Crippen LogP contribution >= 0.6 is 11.3 Å². The molecule has 18 heavy (non-hydrogen) atoms. The van der Waals surface area contributed by atoms with Crippen molar-refractivity contribution in [2.24, 2.45) is 11.8 Å². The van der Waals surface area contributed by atoms with Crippen LogP contribution in [0.25, 0.3) is 11.3 Å². The van der Waals surface area contributed by atoms with Gasteiger partial charge in [-0.05, 0) is 24.5 Å². The molecule has 1 aliphatic carbocycles. The summed E-state index contributed by atoms with van der Waals surface area (Å²) in [4.78, 5) is 20.2. The van der Waals surface area contributed by atoms with Crippen molar-refractivity contribution in [1.29, 1.82) is 0 Å². The van der Waals surface area contributed by atoms with Crippen molar-refractivity contribution < 1.29 is 4.79 Å². The summed E-state index contributed by atoms with van der Waals surface area (Å²) in [6, 6.07) is 3.83. The average Bonchev–Trinajstić information content (AvgIpc) is 2.95. The molecule has 1 saturated carbocycles. The molecule has 1 aliphatic rings. The molecule has 2 aromatic rings. The summed E-state index contributed by atoms with van der Waals surface area (Å²) in [5, 5.41) is 5.47. The lowest BCUT2D eigenvalue weighted by Crippen LogP contribution is -2.14. The van der Waals surface area contributed by atoms with E-state index in [-0.39, 0.29) is 11.8 Å². The number of anilines is 1. The van der Waals surface area contributed by atoms with Crippen molar-refractivity contribution in [3.63, 3.8) is 0 Å². The average molecular weight is 259 g/mol. The molecule has 1 fully saturated rings. The van der Waals surface area contributed by atoms with Crippen molar-refractivity contribution in [2.45, 2.75) is 13.3 Å². The summed E-state index contributed by atoms with van der Waals surface area (Å²) >= 11 is 1.45. The molecular formula is C13H13N3OS. The first-order valence-electron chi connectivity index (χ1n) is 5.91. The normalized spacial score (nSPS) is 21.6. The van der Waals surface area contributed by atoms with Crippen LogP contribution in [0.5, 0.6) is 0 Å². The van der Waals surface area contributed by atoms with Crippen LogP contribution in [0.2, 0.25) is 0 Å². The van der Waals surface area contributed by atoms with Gasteiger partial charge in [0.2, 0.25) is 5.91 Å². The van der Waals surface area contributed by atoms with Crippen LogP contribution < -0.4 is 5.32 Å². The molecule has 1 N–H and O–H groups in total.